The number of nitrogens with one attached hydrogen (secondary N) is 1. The molecule has 7 nitrogen and oxygen atoms in total. The van der Waals surface area contributed by atoms with Crippen molar-refractivity contribution in [3.05, 3.63) is 42.0 Å². The molecular formula is C17H21FN4O3S2. The number of likely N-dealkylation sites (tertiary alicyclic amines) is 1. The van der Waals surface area contributed by atoms with Crippen LogP contribution in [0.5, 0.6) is 0 Å². The molecule has 1 amide bonds. The Hall–Kier alpha value is -1.91. The predicted molar refractivity (Wildman–Crippen MR) is 102 cm³/mol. The second-order valence-corrected chi connectivity index (χ2v) is 8.95. The van der Waals surface area contributed by atoms with Gasteiger partial charge in [0.15, 0.2) is 5.16 Å². The maximum Gasteiger partial charge on any atom is 0.272 e. The minimum absolute atomic E-state index is 0.159. The highest BCUT2D eigenvalue weighted by atomic mass is 32.2. The summed E-state index contributed by atoms with van der Waals surface area (Å²) >= 11 is 1.40. The van der Waals surface area contributed by atoms with E-state index in [-0.39, 0.29) is 17.8 Å². The van der Waals surface area contributed by atoms with Crippen molar-refractivity contribution in [2.45, 2.75) is 24.0 Å². The van der Waals surface area contributed by atoms with Crippen LogP contribution in [0.3, 0.4) is 0 Å². The van der Waals surface area contributed by atoms with Gasteiger partial charge in [0, 0.05) is 24.8 Å². The fourth-order valence-corrected chi connectivity index (χ4v) is 4.52. The van der Waals surface area contributed by atoms with E-state index >= 15 is 0 Å². The molecule has 1 saturated heterocycles. The lowest BCUT2D eigenvalue weighted by molar-refractivity contribution is 0.0702. The molecule has 3 rings (SSSR count). The Morgan fingerprint density at radius 3 is 2.44 bits per heavy atom. The van der Waals surface area contributed by atoms with Crippen molar-refractivity contribution in [3.63, 3.8) is 0 Å². The summed E-state index contributed by atoms with van der Waals surface area (Å²) in [7, 11) is -3.26. The number of hydrogen-bond donors (Lipinski definition) is 1. The first kappa shape index (κ1) is 19.8. The zero-order valence-electron chi connectivity index (χ0n) is 15.1. The molecule has 1 fully saturated rings. The first-order valence-electron chi connectivity index (χ1n) is 8.43. The Kier molecular flexibility index (Phi) is 5.87. The van der Waals surface area contributed by atoms with Gasteiger partial charge in [0.1, 0.15) is 11.5 Å². The second-order valence-electron chi connectivity index (χ2n) is 6.40. The maximum absolute atomic E-state index is 13.3. The molecular weight excluding hydrogens is 391 g/mol. The van der Waals surface area contributed by atoms with E-state index in [1.165, 1.54) is 30.1 Å². The van der Waals surface area contributed by atoms with Crippen LogP contribution in [0.1, 0.15) is 23.3 Å². The molecule has 0 atom stereocenters. The summed E-state index contributed by atoms with van der Waals surface area (Å²) in [4.78, 5) is 19.0. The van der Waals surface area contributed by atoms with E-state index in [0.717, 1.165) is 6.26 Å². The number of amides is 1. The number of imidazole rings is 1. The van der Waals surface area contributed by atoms with Crippen LogP contribution < -0.4 is 4.72 Å². The van der Waals surface area contributed by atoms with Crippen LogP contribution >= 0.6 is 11.8 Å². The van der Waals surface area contributed by atoms with Crippen molar-refractivity contribution in [1.29, 1.82) is 0 Å². The van der Waals surface area contributed by atoms with E-state index in [1.54, 1.807) is 21.6 Å². The smallest absolute Gasteiger partial charge is 0.272 e. The third-order valence-electron chi connectivity index (χ3n) is 4.38. The molecule has 1 N–H and O–H groups in total. The van der Waals surface area contributed by atoms with Crippen LogP contribution in [-0.4, -0.2) is 60.4 Å². The Balaban J connectivity index is 1.80. The van der Waals surface area contributed by atoms with Gasteiger partial charge in [-0.1, -0.05) is 11.8 Å². The lowest BCUT2D eigenvalue weighted by Crippen LogP contribution is -2.46. The van der Waals surface area contributed by atoms with Crippen molar-refractivity contribution < 1.29 is 17.6 Å². The van der Waals surface area contributed by atoms with E-state index in [2.05, 4.69) is 9.71 Å². The Morgan fingerprint density at radius 1 is 1.26 bits per heavy atom. The molecule has 2 heterocycles. The minimum atomic E-state index is -3.26. The van der Waals surface area contributed by atoms with Gasteiger partial charge in [0.05, 0.1) is 12.5 Å². The van der Waals surface area contributed by atoms with Crippen molar-refractivity contribution in [1.82, 2.24) is 19.2 Å². The van der Waals surface area contributed by atoms with Crippen molar-refractivity contribution in [2.75, 3.05) is 25.6 Å². The van der Waals surface area contributed by atoms with Gasteiger partial charge in [-0.25, -0.2) is 22.5 Å². The number of halogens is 1. The Labute approximate surface area is 162 Å². The molecule has 1 aliphatic heterocycles. The van der Waals surface area contributed by atoms with Crippen molar-refractivity contribution >= 4 is 27.7 Å². The average Bonchev–Trinajstić information content (AvgIpc) is 3.05. The van der Waals surface area contributed by atoms with Gasteiger partial charge >= 0.3 is 0 Å². The van der Waals surface area contributed by atoms with Gasteiger partial charge in [0.2, 0.25) is 10.0 Å². The molecule has 0 saturated carbocycles. The molecule has 146 valence electrons. The lowest BCUT2D eigenvalue weighted by Gasteiger charge is -2.32. The van der Waals surface area contributed by atoms with Crippen LogP contribution in [0.25, 0.3) is 5.69 Å². The number of sulfonamides is 1. The van der Waals surface area contributed by atoms with Gasteiger partial charge in [0.25, 0.3) is 5.91 Å². The summed E-state index contributed by atoms with van der Waals surface area (Å²) in [6.45, 7) is 0.907. The van der Waals surface area contributed by atoms with Crippen LogP contribution in [0.15, 0.2) is 35.6 Å². The number of hydrogen-bond acceptors (Lipinski definition) is 5. The monoisotopic (exact) mass is 412 g/mol. The van der Waals surface area contributed by atoms with E-state index in [0.29, 0.717) is 42.5 Å². The van der Waals surface area contributed by atoms with Crippen LogP contribution in [0.4, 0.5) is 4.39 Å². The fourth-order valence-electron chi connectivity index (χ4n) is 3.13. The highest BCUT2D eigenvalue weighted by Gasteiger charge is 2.28. The molecule has 1 aliphatic rings. The average molecular weight is 413 g/mol. The second kappa shape index (κ2) is 7.99. The third kappa shape index (κ3) is 4.69. The SMILES string of the molecule is CSc1ncc(C(=O)N2CCC(NS(C)(=O)=O)CC2)n1-c1ccc(F)cc1. The summed E-state index contributed by atoms with van der Waals surface area (Å²) in [6, 6.07) is 5.74. The van der Waals surface area contributed by atoms with Gasteiger partial charge in [-0.2, -0.15) is 0 Å². The standard InChI is InChI=1S/C17H21FN4O3S2/c1-26-17-19-11-15(22(17)14-5-3-12(18)4-6-14)16(23)21-9-7-13(8-10-21)20-27(2,24)25/h3-6,11,13,20H,7-10H2,1-2H3. The summed E-state index contributed by atoms with van der Waals surface area (Å²) in [5.74, 6) is -0.525. The predicted octanol–water partition coefficient (Wildman–Crippen LogP) is 1.89. The summed E-state index contributed by atoms with van der Waals surface area (Å²) in [5.41, 5.74) is 1.07. The molecule has 1 aromatic carbocycles. The van der Waals surface area contributed by atoms with Crippen LogP contribution in [-0.2, 0) is 10.0 Å². The van der Waals surface area contributed by atoms with Gasteiger partial charge in [-0.05, 0) is 43.4 Å². The molecule has 0 unspecified atom stereocenters. The maximum atomic E-state index is 13.3. The molecule has 0 spiro atoms. The van der Waals surface area contributed by atoms with Crippen molar-refractivity contribution in [3.8, 4) is 5.69 Å². The number of rotatable bonds is 5. The van der Waals surface area contributed by atoms with Crippen molar-refractivity contribution in [2.24, 2.45) is 0 Å². The largest absolute Gasteiger partial charge is 0.337 e. The third-order valence-corrected chi connectivity index (χ3v) is 5.79. The first-order valence-corrected chi connectivity index (χ1v) is 11.5. The molecule has 27 heavy (non-hydrogen) atoms. The number of thioether (sulfide) groups is 1. The quantitative estimate of drug-likeness (QED) is 0.758. The Bertz CT molecular complexity index is 920. The Morgan fingerprint density at radius 2 is 1.89 bits per heavy atom. The number of nitrogens with zero attached hydrogens (tertiary/aromatic N) is 3. The normalized spacial score (nSPS) is 15.9. The topological polar surface area (TPSA) is 84.3 Å². The molecule has 10 heteroatoms. The summed E-state index contributed by atoms with van der Waals surface area (Å²) in [6.07, 6.45) is 5.63. The lowest BCUT2D eigenvalue weighted by atomic mass is 10.1. The van der Waals surface area contributed by atoms with Crippen LogP contribution in [0, 0.1) is 5.82 Å². The van der Waals surface area contributed by atoms with Gasteiger partial charge in [-0.3, -0.25) is 9.36 Å². The van der Waals surface area contributed by atoms with E-state index < -0.39 is 10.0 Å². The molecule has 0 radical (unpaired) electrons. The number of benzene rings is 1. The zero-order chi connectivity index (χ0) is 19.6. The zero-order valence-corrected chi connectivity index (χ0v) is 16.7. The highest BCUT2D eigenvalue weighted by molar-refractivity contribution is 7.98. The number of aromatic nitrogens is 2. The van der Waals surface area contributed by atoms with E-state index in [4.69, 9.17) is 0 Å². The van der Waals surface area contributed by atoms with E-state index in [9.17, 15) is 17.6 Å². The molecule has 2 aromatic rings. The molecule has 1 aromatic heterocycles. The molecule has 0 bridgehead atoms. The summed E-state index contributed by atoms with van der Waals surface area (Å²) < 4.78 is 40.3. The number of carbonyl (C=O) groups excluding carboxylic acids is 1. The summed E-state index contributed by atoms with van der Waals surface area (Å²) in [5, 5.41) is 0.638. The highest BCUT2D eigenvalue weighted by Crippen LogP contribution is 2.24. The van der Waals surface area contributed by atoms with Gasteiger partial charge in [-0.15, -0.1) is 0 Å². The minimum Gasteiger partial charge on any atom is -0.337 e. The van der Waals surface area contributed by atoms with Gasteiger partial charge < -0.3 is 4.90 Å². The number of carbonyl (C=O) groups is 1. The number of piperidine rings is 1. The molecule has 0 aliphatic carbocycles. The van der Waals surface area contributed by atoms with Crippen LogP contribution in [0.2, 0.25) is 0 Å². The fraction of sp³-hybridized carbons (Fsp3) is 0.412. The van der Waals surface area contributed by atoms with E-state index in [1.807, 2.05) is 6.26 Å². The first-order chi connectivity index (χ1) is 12.8.